The average Bonchev–Trinajstić information content (AvgIpc) is 2.93. The van der Waals surface area contributed by atoms with Crippen LogP contribution < -0.4 is 5.01 Å². The highest BCUT2D eigenvalue weighted by atomic mass is 35.5. The number of carbonyl (C=O) groups excluding carboxylic acids is 1. The molecule has 1 N–H and O–H groups in total. The molecular weight excluding hydrogens is 330 g/mol. The predicted octanol–water partition coefficient (Wildman–Crippen LogP) is 1.83. The molecule has 1 aliphatic rings. The normalized spacial score (nSPS) is 16.9. The largest absolute Gasteiger partial charge is 0.480 e. The summed E-state index contributed by atoms with van der Waals surface area (Å²) in [4.78, 5) is 33.3. The summed E-state index contributed by atoms with van der Waals surface area (Å²) < 4.78 is 4.80. The first kappa shape index (κ1) is 16.7. The lowest BCUT2D eigenvalue weighted by Gasteiger charge is -2.19. The van der Waals surface area contributed by atoms with Gasteiger partial charge in [0.25, 0.3) is 5.69 Å². The Labute approximate surface area is 135 Å². The van der Waals surface area contributed by atoms with Crippen molar-refractivity contribution in [1.29, 1.82) is 0 Å². The number of esters is 1. The van der Waals surface area contributed by atoms with Crippen LogP contribution in [0.4, 0.5) is 11.4 Å². The number of carboxylic acid groups (broad SMARTS) is 1. The van der Waals surface area contributed by atoms with Crippen LogP contribution in [0.5, 0.6) is 0 Å². The Morgan fingerprint density at radius 1 is 1.57 bits per heavy atom. The van der Waals surface area contributed by atoms with Crippen molar-refractivity contribution in [2.24, 2.45) is 5.10 Å². The Morgan fingerprint density at radius 3 is 2.83 bits per heavy atom. The Morgan fingerprint density at radius 2 is 2.26 bits per heavy atom. The van der Waals surface area contributed by atoms with E-state index in [1.165, 1.54) is 12.1 Å². The molecule has 1 aromatic rings. The molecule has 0 saturated heterocycles. The number of carboxylic acids is 1. The highest BCUT2D eigenvalue weighted by Crippen LogP contribution is 2.32. The van der Waals surface area contributed by atoms with Gasteiger partial charge in [-0.3, -0.25) is 15.1 Å². The summed E-state index contributed by atoms with van der Waals surface area (Å²) in [5, 5.41) is 25.1. The minimum atomic E-state index is -1.22. The fourth-order valence-electron chi connectivity index (χ4n) is 2.06. The van der Waals surface area contributed by atoms with E-state index in [0.29, 0.717) is 0 Å². The maximum absolute atomic E-state index is 11.7. The summed E-state index contributed by atoms with van der Waals surface area (Å²) in [6.45, 7) is 1.74. The van der Waals surface area contributed by atoms with Crippen LogP contribution in [0.3, 0.4) is 0 Å². The van der Waals surface area contributed by atoms with Crippen LogP contribution in [-0.4, -0.2) is 40.3 Å². The van der Waals surface area contributed by atoms with Crippen molar-refractivity contribution in [3.8, 4) is 0 Å². The zero-order valence-electron chi connectivity index (χ0n) is 11.9. The second-order valence-electron chi connectivity index (χ2n) is 4.56. The topological polar surface area (TPSA) is 122 Å². The number of ether oxygens (including phenoxy) is 1. The minimum absolute atomic E-state index is 0.0585. The lowest BCUT2D eigenvalue weighted by atomic mass is 10.1. The number of hydrazone groups is 1. The van der Waals surface area contributed by atoms with Crippen LogP contribution in [0.2, 0.25) is 5.02 Å². The summed E-state index contributed by atoms with van der Waals surface area (Å²) in [6.07, 6.45) is -0.162. The molecule has 1 atom stereocenters. The second-order valence-corrected chi connectivity index (χ2v) is 4.97. The van der Waals surface area contributed by atoms with Crippen molar-refractivity contribution in [3.63, 3.8) is 0 Å². The van der Waals surface area contributed by atoms with Gasteiger partial charge < -0.3 is 9.84 Å². The van der Waals surface area contributed by atoms with E-state index < -0.39 is 22.9 Å². The number of rotatable bonds is 5. The molecule has 10 heteroatoms. The summed E-state index contributed by atoms with van der Waals surface area (Å²) in [5.41, 5.74) is -0.294. The zero-order valence-corrected chi connectivity index (χ0v) is 12.7. The van der Waals surface area contributed by atoms with E-state index in [1.807, 2.05) is 0 Å². The fourth-order valence-corrected chi connectivity index (χ4v) is 2.25. The van der Waals surface area contributed by atoms with E-state index in [-0.39, 0.29) is 35.1 Å². The standard InChI is InChI=1S/C13H12ClN3O6/c1-2-23-13(20)9-6-11(12(18)19)16(15-9)7-3-4-8(14)10(5-7)17(21)22/h3-5,11H,2,6H2,1H3,(H,18,19). The van der Waals surface area contributed by atoms with Gasteiger partial charge in [0, 0.05) is 12.5 Å². The van der Waals surface area contributed by atoms with Crippen molar-refractivity contribution >= 4 is 40.6 Å². The third kappa shape index (κ3) is 3.39. The number of nitro groups is 1. The molecule has 0 saturated carbocycles. The quantitative estimate of drug-likeness (QED) is 0.492. The maximum Gasteiger partial charge on any atom is 0.354 e. The van der Waals surface area contributed by atoms with Crippen LogP contribution in [0.1, 0.15) is 13.3 Å². The van der Waals surface area contributed by atoms with E-state index in [1.54, 1.807) is 6.92 Å². The summed E-state index contributed by atoms with van der Waals surface area (Å²) in [7, 11) is 0. The Balaban J connectivity index is 2.41. The minimum Gasteiger partial charge on any atom is -0.480 e. The van der Waals surface area contributed by atoms with Gasteiger partial charge in [-0.25, -0.2) is 9.59 Å². The molecule has 9 nitrogen and oxygen atoms in total. The Kier molecular flexibility index (Phi) is 4.80. The third-order valence-electron chi connectivity index (χ3n) is 3.10. The van der Waals surface area contributed by atoms with Gasteiger partial charge in [-0.05, 0) is 19.1 Å². The monoisotopic (exact) mass is 341 g/mol. The number of anilines is 1. The van der Waals surface area contributed by atoms with Crippen LogP contribution in [0, 0.1) is 10.1 Å². The molecule has 0 amide bonds. The van der Waals surface area contributed by atoms with Crippen molar-refractivity contribution in [3.05, 3.63) is 33.3 Å². The van der Waals surface area contributed by atoms with Gasteiger partial charge in [-0.1, -0.05) is 11.6 Å². The molecule has 1 aromatic carbocycles. The average molecular weight is 342 g/mol. The molecule has 1 aliphatic heterocycles. The number of aliphatic carboxylic acids is 1. The van der Waals surface area contributed by atoms with Gasteiger partial charge in [0.1, 0.15) is 10.7 Å². The van der Waals surface area contributed by atoms with E-state index in [4.69, 9.17) is 16.3 Å². The molecule has 1 heterocycles. The van der Waals surface area contributed by atoms with Crippen LogP contribution in [0.25, 0.3) is 0 Å². The Hall–Kier alpha value is -2.68. The molecule has 1 unspecified atom stereocenters. The molecule has 0 bridgehead atoms. The van der Waals surface area contributed by atoms with Gasteiger partial charge in [0.2, 0.25) is 0 Å². The SMILES string of the molecule is CCOC(=O)C1=NN(c2ccc(Cl)c([N+](=O)[O-])c2)C(C(=O)O)C1. The lowest BCUT2D eigenvalue weighted by Crippen LogP contribution is -2.34. The highest BCUT2D eigenvalue weighted by molar-refractivity contribution is 6.38. The zero-order chi connectivity index (χ0) is 17.1. The van der Waals surface area contributed by atoms with E-state index in [9.17, 15) is 24.8 Å². The number of hydrogen-bond donors (Lipinski definition) is 1. The second kappa shape index (κ2) is 6.61. The van der Waals surface area contributed by atoms with E-state index >= 15 is 0 Å². The van der Waals surface area contributed by atoms with E-state index in [0.717, 1.165) is 11.1 Å². The smallest absolute Gasteiger partial charge is 0.354 e. The van der Waals surface area contributed by atoms with Gasteiger partial charge in [-0.2, -0.15) is 5.10 Å². The molecular formula is C13H12ClN3O6. The van der Waals surface area contributed by atoms with Crippen LogP contribution in [0.15, 0.2) is 23.3 Å². The van der Waals surface area contributed by atoms with Gasteiger partial charge in [0.15, 0.2) is 6.04 Å². The number of nitro benzene ring substituents is 1. The Bertz CT molecular complexity index is 705. The lowest BCUT2D eigenvalue weighted by molar-refractivity contribution is -0.384. The van der Waals surface area contributed by atoms with Gasteiger partial charge in [0.05, 0.1) is 17.2 Å². The van der Waals surface area contributed by atoms with Crippen molar-refractivity contribution < 1.29 is 24.4 Å². The molecule has 0 aliphatic carbocycles. The van der Waals surface area contributed by atoms with Gasteiger partial charge in [-0.15, -0.1) is 0 Å². The highest BCUT2D eigenvalue weighted by Gasteiger charge is 2.37. The number of carbonyl (C=O) groups is 2. The molecule has 122 valence electrons. The van der Waals surface area contributed by atoms with E-state index in [2.05, 4.69) is 5.10 Å². The number of benzene rings is 1. The van der Waals surface area contributed by atoms with Crippen LogP contribution in [-0.2, 0) is 14.3 Å². The van der Waals surface area contributed by atoms with Gasteiger partial charge >= 0.3 is 11.9 Å². The molecule has 0 spiro atoms. The first-order valence-corrected chi connectivity index (χ1v) is 6.93. The summed E-state index contributed by atoms with van der Waals surface area (Å²) >= 11 is 5.73. The predicted molar refractivity (Wildman–Crippen MR) is 80.7 cm³/mol. The summed E-state index contributed by atoms with van der Waals surface area (Å²) in [5.74, 6) is -1.93. The van der Waals surface area contributed by atoms with Crippen molar-refractivity contribution in [2.45, 2.75) is 19.4 Å². The first-order valence-electron chi connectivity index (χ1n) is 6.55. The molecule has 23 heavy (non-hydrogen) atoms. The number of hydrogen-bond acceptors (Lipinski definition) is 7. The molecule has 2 rings (SSSR count). The molecule has 0 aromatic heterocycles. The van der Waals surface area contributed by atoms with Crippen molar-refractivity contribution in [2.75, 3.05) is 11.6 Å². The van der Waals surface area contributed by atoms with Crippen molar-refractivity contribution in [1.82, 2.24) is 0 Å². The first-order chi connectivity index (χ1) is 10.8. The molecule has 0 radical (unpaired) electrons. The third-order valence-corrected chi connectivity index (χ3v) is 3.42. The fraction of sp³-hybridized carbons (Fsp3) is 0.308. The maximum atomic E-state index is 11.7. The number of halogens is 1. The number of nitrogens with zero attached hydrogens (tertiary/aromatic N) is 3. The molecule has 0 fully saturated rings. The summed E-state index contributed by atoms with van der Waals surface area (Å²) in [6, 6.07) is 2.61. The van der Waals surface area contributed by atoms with Crippen LogP contribution >= 0.6 is 11.6 Å².